The van der Waals surface area contributed by atoms with Crippen molar-refractivity contribution in [3.8, 4) is 0 Å². The van der Waals surface area contributed by atoms with Crippen LogP contribution in [0.15, 0.2) is 24.3 Å². The molecule has 0 unspecified atom stereocenters. The third-order valence-electron chi connectivity index (χ3n) is 3.17. The molecule has 1 amide bonds. The van der Waals surface area contributed by atoms with E-state index in [1.54, 1.807) is 12.1 Å². The van der Waals surface area contributed by atoms with Gasteiger partial charge in [-0.25, -0.2) is 0 Å². The van der Waals surface area contributed by atoms with E-state index in [4.69, 9.17) is 4.84 Å². The summed E-state index contributed by atoms with van der Waals surface area (Å²) in [7, 11) is 0. The number of hydroxylamine groups is 1. The van der Waals surface area contributed by atoms with Gasteiger partial charge in [-0.1, -0.05) is 18.2 Å². The minimum absolute atomic E-state index is 0.0154. The van der Waals surface area contributed by atoms with Crippen LogP contribution in [0.5, 0.6) is 0 Å². The number of rotatable bonds is 2. The zero-order valence-corrected chi connectivity index (χ0v) is 8.85. The van der Waals surface area contributed by atoms with Crippen LogP contribution in [0.25, 0.3) is 0 Å². The zero-order valence-electron chi connectivity index (χ0n) is 8.85. The highest BCUT2D eigenvalue weighted by Gasteiger charge is 2.54. The minimum Gasteiger partial charge on any atom is -0.392 e. The number of amides is 1. The van der Waals surface area contributed by atoms with E-state index in [9.17, 15) is 9.90 Å². The molecule has 2 aliphatic rings. The predicted octanol–water partition coefficient (Wildman–Crippen LogP) is 1.38. The summed E-state index contributed by atoms with van der Waals surface area (Å²) in [5.74, 6) is -0.0154. The molecule has 0 bridgehead atoms. The summed E-state index contributed by atoms with van der Waals surface area (Å²) < 4.78 is 0. The lowest BCUT2D eigenvalue weighted by Gasteiger charge is -2.18. The molecule has 2 fully saturated rings. The van der Waals surface area contributed by atoms with Gasteiger partial charge < -0.3 is 5.11 Å². The molecule has 1 heterocycles. The molecule has 4 heteroatoms. The summed E-state index contributed by atoms with van der Waals surface area (Å²) in [5, 5.41) is 10.6. The molecule has 4 nitrogen and oxygen atoms in total. The molecule has 1 aliphatic carbocycles. The molecule has 0 aromatic heterocycles. The SMILES string of the molecule is O=C1CC2(CC2)ON1c1ccccc1CO. The van der Waals surface area contributed by atoms with Gasteiger partial charge in [-0.3, -0.25) is 9.63 Å². The van der Waals surface area contributed by atoms with Crippen molar-refractivity contribution in [3.05, 3.63) is 29.8 Å². The van der Waals surface area contributed by atoms with E-state index >= 15 is 0 Å². The van der Waals surface area contributed by atoms with Crippen LogP contribution in [0.1, 0.15) is 24.8 Å². The fraction of sp³-hybridized carbons (Fsp3) is 0.417. The highest BCUT2D eigenvalue weighted by atomic mass is 16.7. The van der Waals surface area contributed by atoms with Crippen molar-refractivity contribution >= 4 is 11.6 Å². The zero-order chi connectivity index (χ0) is 11.2. The fourth-order valence-corrected chi connectivity index (χ4v) is 2.06. The molecule has 0 radical (unpaired) electrons. The second-order valence-corrected chi connectivity index (χ2v) is 4.43. The normalized spacial score (nSPS) is 21.8. The number of para-hydroxylation sites is 1. The quantitative estimate of drug-likeness (QED) is 0.817. The van der Waals surface area contributed by atoms with Crippen LogP contribution in [0.2, 0.25) is 0 Å². The Kier molecular flexibility index (Phi) is 2.02. The van der Waals surface area contributed by atoms with Crippen LogP contribution in [0, 0.1) is 0 Å². The summed E-state index contributed by atoms with van der Waals surface area (Å²) in [4.78, 5) is 17.5. The van der Waals surface area contributed by atoms with Crippen molar-refractivity contribution in [2.24, 2.45) is 0 Å². The van der Waals surface area contributed by atoms with Crippen molar-refractivity contribution in [1.29, 1.82) is 0 Å². The molecule has 1 spiro atoms. The van der Waals surface area contributed by atoms with Crippen molar-refractivity contribution in [3.63, 3.8) is 0 Å². The molecule has 16 heavy (non-hydrogen) atoms. The van der Waals surface area contributed by atoms with Gasteiger partial charge >= 0.3 is 0 Å². The number of benzene rings is 1. The van der Waals surface area contributed by atoms with Crippen LogP contribution < -0.4 is 5.06 Å². The van der Waals surface area contributed by atoms with Gasteiger partial charge in [0.15, 0.2) is 0 Å². The molecule has 0 atom stereocenters. The fourth-order valence-electron chi connectivity index (χ4n) is 2.06. The van der Waals surface area contributed by atoms with Gasteiger partial charge in [-0.05, 0) is 18.9 Å². The summed E-state index contributed by atoms with van der Waals surface area (Å²) >= 11 is 0. The molecule has 1 aromatic rings. The Balaban J connectivity index is 1.94. The van der Waals surface area contributed by atoms with Gasteiger partial charge in [0, 0.05) is 5.56 Å². The topological polar surface area (TPSA) is 49.8 Å². The average molecular weight is 219 g/mol. The molecular weight excluding hydrogens is 206 g/mol. The second kappa shape index (κ2) is 3.30. The smallest absolute Gasteiger partial charge is 0.253 e. The summed E-state index contributed by atoms with van der Waals surface area (Å²) in [6.07, 6.45) is 2.37. The van der Waals surface area contributed by atoms with Crippen molar-refractivity contribution < 1.29 is 14.7 Å². The largest absolute Gasteiger partial charge is 0.392 e. The van der Waals surface area contributed by atoms with Gasteiger partial charge in [-0.2, -0.15) is 5.06 Å². The van der Waals surface area contributed by atoms with E-state index in [1.165, 1.54) is 5.06 Å². The lowest BCUT2D eigenvalue weighted by Crippen LogP contribution is -2.24. The molecule has 1 saturated heterocycles. The predicted molar refractivity (Wildman–Crippen MR) is 57.5 cm³/mol. The van der Waals surface area contributed by atoms with Crippen LogP contribution in [-0.4, -0.2) is 16.6 Å². The molecular formula is C12H13NO3. The standard InChI is InChI=1S/C12H13NO3/c14-8-9-3-1-2-4-10(9)13-11(15)7-12(16-13)5-6-12/h1-4,14H,5-8H2. The maximum absolute atomic E-state index is 11.8. The van der Waals surface area contributed by atoms with Gasteiger partial charge in [0.05, 0.1) is 18.7 Å². The first-order valence-corrected chi connectivity index (χ1v) is 5.45. The maximum Gasteiger partial charge on any atom is 0.253 e. The number of hydrogen-bond donors (Lipinski definition) is 1. The Morgan fingerprint density at radius 1 is 1.38 bits per heavy atom. The van der Waals surface area contributed by atoms with Gasteiger partial charge in [0.2, 0.25) is 0 Å². The summed E-state index contributed by atoms with van der Waals surface area (Å²) in [5.41, 5.74) is 1.16. The van der Waals surface area contributed by atoms with Crippen LogP contribution in [0.4, 0.5) is 5.69 Å². The second-order valence-electron chi connectivity index (χ2n) is 4.43. The number of carbonyl (C=O) groups is 1. The van der Waals surface area contributed by atoms with E-state index < -0.39 is 0 Å². The number of aliphatic hydroxyl groups is 1. The molecule has 3 rings (SSSR count). The Morgan fingerprint density at radius 3 is 2.75 bits per heavy atom. The van der Waals surface area contributed by atoms with Crippen LogP contribution in [-0.2, 0) is 16.2 Å². The van der Waals surface area contributed by atoms with Crippen molar-refractivity contribution in [1.82, 2.24) is 0 Å². The number of aliphatic hydroxyl groups excluding tert-OH is 1. The Bertz CT molecular complexity index is 440. The Morgan fingerprint density at radius 2 is 2.12 bits per heavy atom. The first kappa shape index (κ1) is 9.81. The van der Waals surface area contributed by atoms with E-state index in [0.29, 0.717) is 17.7 Å². The van der Waals surface area contributed by atoms with Crippen molar-refractivity contribution in [2.75, 3.05) is 5.06 Å². The lowest BCUT2D eigenvalue weighted by atomic mass is 10.2. The highest BCUT2D eigenvalue weighted by molar-refractivity contribution is 5.95. The van der Waals surface area contributed by atoms with Crippen LogP contribution >= 0.6 is 0 Å². The third-order valence-corrected chi connectivity index (χ3v) is 3.17. The van der Waals surface area contributed by atoms with E-state index in [2.05, 4.69) is 0 Å². The third kappa shape index (κ3) is 1.42. The van der Waals surface area contributed by atoms with Gasteiger partial charge in [-0.15, -0.1) is 0 Å². The van der Waals surface area contributed by atoms with Gasteiger partial charge in [0.1, 0.15) is 5.60 Å². The molecule has 1 aromatic carbocycles. The first-order chi connectivity index (χ1) is 7.74. The Hall–Kier alpha value is -1.39. The number of nitrogens with zero attached hydrogens (tertiary/aromatic N) is 1. The lowest BCUT2D eigenvalue weighted by molar-refractivity contribution is -0.119. The minimum atomic E-state index is -0.223. The molecule has 1 N–H and O–H groups in total. The Labute approximate surface area is 93.4 Å². The number of anilines is 1. The average Bonchev–Trinajstić information content (AvgIpc) is 2.97. The highest BCUT2D eigenvalue weighted by Crippen LogP contribution is 2.49. The molecule has 1 aliphatic heterocycles. The molecule has 84 valence electrons. The monoisotopic (exact) mass is 219 g/mol. The summed E-state index contributed by atoms with van der Waals surface area (Å²) in [6, 6.07) is 7.26. The summed E-state index contributed by atoms with van der Waals surface area (Å²) in [6.45, 7) is -0.0870. The molecule has 1 saturated carbocycles. The van der Waals surface area contributed by atoms with Crippen LogP contribution in [0.3, 0.4) is 0 Å². The van der Waals surface area contributed by atoms with E-state index in [0.717, 1.165) is 12.8 Å². The van der Waals surface area contributed by atoms with Gasteiger partial charge in [0.25, 0.3) is 5.91 Å². The van der Waals surface area contributed by atoms with E-state index in [-0.39, 0.29) is 18.1 Å². The van der Waals surface area contributed by atoms with Crippen molar-refractivity contribution in [2.45, 2.75) is 31.5 Å². The number of hydrogen-bond acceptors (Lipinski definition) is 3. The van der Waals surface area contributed by atoms with E-state index in [1.807, 2.05) is 12.1 Å². The number of carbonyl (C=O) groups excluding carboxylic acids is 1. The maximum atomic E-state index is 11.8. The first-order valence-electron chi connectivity index (χ1n) is 5.45.